The Bertz CT molecular complexity index is 916. The number of benzene rings is 3. The number of hydrogen-bond donors (Lipinski definition) is 0. The largest absolute Gasteiger partial charge is 0.457 e. The zero-order chi connectivity index (χ0) is 19.3. The molecule has 1 heterocycles. The van der Waals surface area contributed by atoms with Gasteiger partial charge in [0, 0.05) is 18.3 Å². The topological polar surface area (TPSA) is 12.5 Å². The van der Waals surface area contributed by atoms with E-state index in [1.54, 1.807) is 0 Å². The van der Waals surface area contributed by atoms with Gasteiger partial charge in [-0.1, -0.05) is 43.3 Å². The van der Waals surface area contributed by atoms with E-state index in [1.807, 2.05) is 6.07 Å². The summed E-state index contributed by atoms with van der Waals surface area (Å²) in [6, 6.07) is 26.2. The smallest absolute Gasteiger partial charge is 0.127 e. The Morgan fingerprint density at radius 3 is 2.54 bits per heavy atom. The molecule has 4 rings (SSSR count). The van der Waals surface area contributed by atoms with E-state index in [0.717, 1.165) is 17.9 Å². The standard InChI is InChI=1S/C26H29NO/c1-3-23-11-7-17-27(23)24-13-15-25(16-14-24)28-26-12-6-9-21(19-26)18-22-10-5-4-8-20(22)2/h4-6,8-10,12-16,19,23H,3,7,11,17-18H2,1-2H3/t23-/m1/s1. The van der Waals surface area contributed by atoms with Crippen molar-refractivity contribution in [3.8, 4) is 11.5 Å². The third-order valence-electron chi connectivity index (χ3n) is 5.81. The number of aryl methyl sites for hydroxylation is 1. The average molecular weight is 372 g/mol. The number of nitrogens with zero attached hydrogens (tertiary/aromatic N) is 1. The molecular weight excluding hydrogens is 342 g/mol. The Morgan fingerprint density at radius 2 is 1.75 bits per heavy atom. The van der Waals surface area contributed by atoms with Gasteiger partial charge in [0.05, 0.1) is 0 Å². The summed E-state index contributed by atoms with van der Waals surface area (Å²) in [4.78, 5) is 2.53. The van der Waals surface area contributed by atoms with Crippen LogP contribution in [0.15, 0.2) is 72.8 Å². The highest BCUT2D eigenvalue weighted by Gasteiger charge is 2.22. The molecule has 1 saturated heterocycles. The SMILES string of the molecule is CC[C@@H]1CCCN1c1ccc(Oc2cccc(Cc3ccccc3C)c2)cc1. The van der Waals surface area contributed by atoms with Crippen LogP contribution in [0.5, 0.6) is 11.5 Å². The predicted molar refractivity (Wildman–Crippen MR) is 118 cm³/mol. The lowest BCUT2D eigenvalue weighted by atomic mass is 10.0. The van der Waals surface area contributed by atoms with Crippen molar-refractivity contribution in [3.05, 3.63) is 89.5 Å². The van der Waals surface area contributed by atoms with Crippen LogP contribution in [0.3, 0.4) is 0 Å². The van der Waals surface area contributed by atoms with E-state index in [0.29, 0.717) is 6.04 Å². The van der Waals surface area contributed by atoms with Gasteiger partial charge in [-0.15, -0.1) is 0 Å². The molecule has 1 aliphatic heterocycles. The number of rotatable bonds is 6. The number of anilines is 1. The first-order valence-electron chi connectivity index (χ1n) is 10.4. The molecule has 1 atom stereocenters. The molecule has 1 fully saturated rings. The van der Waals surface area contributed by atoms with Gasteiger partial charge in [-0.3, -0.25) is 0 Å². The van der Waals surface area contributed by atoms with Crippen molar-refractivity contribution in [2.45, 2.75) is 45.6 Å². The van der Waals surface area contributed by atoms with Gasteiger partial charge in [0.25, 0.3) is 0 Å². The Balaban J connectivity index is 1.45. The van der Waals surface area contributed by atoms with Crippen molar-refractivity contribution in [1.29, 1.82) is 0 Å². The predicted octanol–water partition coefficient (Wildman–Crippen LogP) is 6.76. The Labute approximate surface area is 168 Å². The summed E-state index contributed by atoms with van der Waals surface area (Å²) < 4.78 is 6.14. The van der Waals surface area contributed by atoms with Crippen LogP contribution < -0.4 is 9.64 Å². The van der Waals surface area contributed by atoms with Crippen molar-refractivity contribution in [1.82, 2.24) is 0 Å². The van der Waals surface area contributed by atoms with Gasteiger partial charge in [0.15, 0.2) is 0 Å². The molecule has 0 amide bonds. The normalized spacial score (nSPS) is 16.4. The van der Waals surface area contributed by atoms with E-state index in [1.165, 1.54) is 48.2 Å². The van der Waals surface area contributed by atoms with E-state index in [9.17, 15) is 0 Å². The van der Waals surface area contributed by atoms with Crippen molar-refractivity contribution in [3.63, 3.8) is 0 Å². The summed E-state index contributed by atoms with van der Waals surface area (Å²) in [5.41, 5.74) is 5.27. The van der Waals surface area contributed by atoms with Crippen LogP contribution in [-0.4, -0.2) is 12.6 Å². The molecule has 0 aliphatic carbocycles. The van der Waals surface area contributed by atoms with Gasteiger partial charge in [-0.05, 0) is 85.7 Å². The van der Waals surface area contributed by atoms with Gasteiger partial charge in [-0.25, -0.2) is 0 Å². The minimum absolute atomic E-state index is 0.685. The highest BCUT2D eigenvalue weighted by molar-refractivity contribution is 5.51. The van der Waals surface area contributed by atoms with Gasteiger partial charge in [-0.2, -0.15) is 0 Å². The molecule has 2 heteroatoms. The molecular formula is C26H29NO. The minimum Gasteiger partial charge on any atom is -0.457 e. The molecule has 0 N–H and O–H groups in total. The van der Waals surface area contributed by atoms with E-state index in [-0.39, 0.29) is 0 Å². The van der Waals surface area contributed by atoms with Gasteiger partial charge >= 0.3 is 0 Å². The molecule has 28 heavy (non-hydrogen) atoms. The highest BCUT2D eigenvalue weighted by Crippen LogP contribution is 2.30. The van der Waals surface area contributed by atoms with Crippen molar-refractivity contribution in [2.24, 2.45) is 0 Å². The Kier molecular flexibility index (Phi) is 5.66. The monoisotopic (exact) mass is 371 g/mol. The van der Waals surface area contributed by atoms with Crippen molar-refractivity contribution in [2.75, 3.05) is 11.4 Å². The first-order valence-corrected chi connectivity index (χ1v) is 10.4. The van der Waals surface area contributed by atoms with E-state index < -0.39 is 0 Å². The zero-order valence-electron chi connectivity index (χ0n) is 16.9. The molecule has 144 valence electrons. The molecule has 3 aromatic carbocycles. The fourth-order valence-corrected chi connectivity index (χ4v) is 4.19. The summed E-state index contributed by atoms with van der Waals surface area (Å²) in [7, 11) is 0. The van der Waals surface area contributed by atoms with E-state index in [2.05, 4.69) is 85.5 Å². The Hall–Kier alpha value is -2.74. The summed E-state index contributed by atoms with van der Waals surface area (Å²) in [6.07, 6.45) is 4.75. The van der Waals surface area contributed by atoms with Gasteiger partial charge < -0.3 is 9.64 Å². The van der Waals surface area contributed by atoms with Crippen LogP contribution >= 0.6 is 0 Å². The van der Waals surface area contributed by atoms with Crippen LogP contribution in [0.4, 0.5) is 5.69 Å². The quantitative estimate of drug-likeness (QED) is 0.475. The molecule has 0 unspecified atom stereocenters. The fraction of sp³-hybridized carbons (Fsp3) is 0.308. The number of ether oxygens (including phenoxy) is 1. The maximum Gasteiger partial charge on any atom is 0.127 e. The van der Waals surface area contributed by atoms with E-state index in [4.69, 9.17) is 4.74 Å². The molecule has 0 saturated carbocycles. The maximum atomic E-state index is 6.14. The molecule has 0 radical (unpaired) electrons. The number of hydrogen-bond acceptors (Lipinski definition) is 2. The van der Waals surface area contributed by atoms with Crippen LogP contribution in [-0.2, 0) is 6.42 Å². The second-order valence-corrected chi connectivity index (χ2v) is 7.74. The third kappa shape index (κ3) is 4.22. The summed E-state index contributed by atoms with van der Waals surface area (Å²) in [5, 5.41) is 0. The first-order chi connectivity index (χ1) is 13.7. The van der Waals surface area contributed by atoms with E-state index >= 15 is 0 Å². The zero-order valence-corrected chi connectivity index (χ0v) is 16.9. The third-order valence-corrected chi connectivity index (χ3v) is 5.81. The molecule has 3 aromatic rings. The summed E-state index contributed by atoms with van der Waals surface area (Å²) >= 11 is 0. The maximum absolute atomic E-state index is 6.14. The molecule has 2 nitrogen and oxygen atoms in total. The Morgan fingerprint density at radius 1 is 0.929 bits per heavy atom. The lowest BCUT2D eigenvalue weighted by Crippen LogP contribution is -2.28. The van der Waals surface area contributed by atoms with Crippen LogP contribution in [0.25, 0.3) is 0 Å². The lowest BCUT2D eigenvalue weighted by molar-refractivity contribution is 0.482. The minimum atomic E-state index is 0.685. The van der Waals surface area contributed by atoms with Crippen molar-refractivity contribution >= 4 is 5.69 Å². The fourth-order valence-electron chi connectivity index (χ4n) is 4.19. The second-order valence-electron chi connectivity index (χ2n) is 7.74. The first kappa shape index (κ1) is 18.6. The van der Waals surface area contributed by atoms with Crippen LogP contribution in [0.2, 0.25) is 0 Å². The molecule has 0 spiro atoms. The van der Waals surface area contributed by atoms with Gasteiger partial charge in [0.2, 0.25) is 0 Å². The summed E-state index contributed by atoms with van der Waals surface area (Å²) in [6.45, 7) is 5.62. The lowest BCUT2D eigenvalue weighted by Gasteiger charge is -2.26. The molecule has 0 aromatic heterocycles. The highest BCUT2D eigenvalue weighted by atomic mass is 16.5. The second kappa shape index (κ2) is 8.52. The van der Waals surface area contributed by atoms with Crippen molar-refractivity contribution < 1.29 is 4.74 Å². The summed E-state index contributed by atoms with van der Waals surface area (Å²) in [5.74, 6) is 1.79. The van der Waals surface area contributed by atoms with Crippen LogP contribution in [0.1, 0.15) is 42.9 Å². The van der Waals surface area contributed by atoms with Crippen LogP contribution in [0, 0.1) is 6.92 Å². The molecule has 1 aliphatic rings. The average Bonchev–Trinajstić information content (AvgIpc) is 3.19. The van der Waals surface area contributed by atoms with Gasteiger partial charge in [0.1, 0.15) is 11.5 Å². The molecule has 0 bridgehead atoms.